The van der Waals surface area contributed by atoms with Crippen LogP contribution in [0, 0.1) is 11.8 Å². The lowest BCUT2D eigenvalue weighted by Gasteiger charge is -2.20. The number of nitrogens with zero attached hydrogens (tertiary/aromatic N) is 1. The Morgan fingerprint density at radius 1 is 1.50 bits per heavy atom. The molecule has 2 rings (SSSR count). The summed E-state index contributed by atoms with van der Waals surface area (Å²) < 4.78 is 0. The van der Waals surface area contributed by atoms with Gasteiger partial charge in [0.1, 0.15) is 0 Å². The Hall–Kier alpha value is -0.570. The van der Waals surface area contributed by atoms with Crippen molar-refractivity contribution >= 4 is 5.91 Å². The Morgan fingerprint density at radius 2 is 2.25 bits per heavy atom. The van der Waals surface area contributed by atoms with Gasteiger partial charge in [-0.3, -0.25) is 10.1 Å². The molecule has 2 unspecified atom stereocenters. The third kappa shape index (κ3) is 2.76. The summed E-state index contributed by atoms with van der Waals surface area (Å²) in [6, 6.07) is 0.103. The van der Waals surface area contributed by atoms with Crippen LogP contribution < -0.4 is 5.32 Å². The molecule has 1 amide bonds. The van der Waals surface area contributed by atoms with Crippen molar-refractivity contribution in [3.05, 3.63) is 0 Å². The smallest absolute Gasteiger partial charge is 0.240 e. The summed E-state index contributed by atoms with van der Waals surface area (Å²) >= 11 is 0. The maximum Gasteiger partial charge on any atom is 0.240 e. The van der Waals surface area contributed by atoms with Crippen LogP contribution in [0.4, 0.5) is 0 Å². The third-order valence-electron chi connectivity index (χ3n) is 3.92. The molecule has 1 N–H and O–H groups in total. The Kier molecular flexibility index (Phi) is 3.85. The van der Waals surface area contributed by atoms with E-state index in [2.05, 4.69) is 19.2 Å². The van der Waals surface area contributed by atoms with E-state index in [9.17, 15) is 4.79 Å². The highest BCUT2D eigenvalue weighted by molar-refractivity contribution is 5.83. The molecule has 1 saturated carbocycles. The van der Waals surface area contributed by atoms with Crippen LogP contribution in [0.25, 0.3) is 0 Å². The maximum absolute atomic E-state index is 12.1. The van der Waals surface area contributed by atoms with E-state index in [-0.39, 0.29) is 6.04 Å². The maximum atomic E-state index is 12.1. The van der Waals surface area contributed by atoms with Gasteiger partial charge >= 0.3 is 0 Å². The number of unbranched alkanes of at least 4 members (excludes halogenated alkanes) is 1. The largest absolute Gasteiger partial charge is 0.328 e. The van der Waals surface area contributed by atoms with Gasteiger partial charge in [-0.05, 0) is 31.1 Å². The van der Waals surface area contributed by atoms with E-state index in [1.807, 2.05) is 4.90 Å². The molecule has 0 bridgehead atoms. The van der Waals surface area contributed by atoms with E-state index in [1.165, 1.54) is 19.3 Å². The molecule has 0 aromatic carbocycles. The number of rotatable bonds is 6. The van der Waals surface area contributed by atoms with Crippen LogP contribution in [0.15, 0.2) is 0 Å². The summed E-state index contributed by atoms with van der Waals surface area (Å²) in [7, 11) is 0. The molecule has 16 heavy (non-hydrogen) atoms. The Labute approximate surface area is 98.6 Å². The minimum Gasteiger partial charge on any atom is -0.328 e. The van der Waals surface area contributed by atoms with Gasteiger partial charge in [0.15, 0.2) is 0 Å². The predicted molar refractivity (Wildman–Crippen MR) is 64.9 cm³/mol. The lowest BCUT2D eigenvalue weighted by molar-refractivity contribution is -0.129. The first-order chi connectivity index (χ1) is 7.72. The standard InChI is InChI=1S/C13H24N2O/c1-3-4-5-12-13(16)15(9-14-12)8-10(2)11-6-7-11/h10-12,14H,3-9H2,1-2H3. The third-order valence-corrected chi connectivity index (χ3v) is 3.92. The van der Waals surface area contributed by atoms with Crippen molar-refractivity contribution in [2.45, 2.75) is 52.0 Å². The van der Waals surface area contributed by atoms with Gasteiger partial charge in [-0.15, -0.1) is 0 Å². The van der Waals surface area contributed by atoms with Crippen LogP contribution in [-0.2, 0) is 4.79 Å². The van der Waals surface area contributed by atoms with Crippen molar-refractivity contribution in [1.29, 1.82) is 0 Å². The molecule has 1 heterocycles. The number of carbonyl (C=O) groups is 1. The molecule has 2 fully saturated rings. The molecule has 2 atom stereocenters. The Balaban J connectivity index is 1.76. The van der Waals surface area contributed by atoms with E-state index in [0.717, 1.165) is 32.0 Å². The quantitative estimate of drug-likeness (QED) is 0.748. The molecule has 0 aromatic rings. The molecule has 0 aromatic heterocycles. The van der Waals surface area contributed by atoms with Gasteiger partial charge < -0.3 is 4.90 Å². The number of hydrogen-bond acceptors (Lipinski definition) is 2. The van der Waals surface area contributed by atoms with Crippen LogP contribution in [-0.4, -0.2) is 30.1 Å². The van der Waals surface area contributed by atoms with E-state index < -0.39 is 0 Å². The van der Waals surface area contributed by atoms with Gasteiger partial charge in [-0.25, -0.2) is 0 Å². The predicted octanol–water partition coefficient (Wildman–Crippen LogP) is 1.98. The van der Waals surface area contributed by atoms with Crippen LogP contribution in [0.1, 0.15) is 46.0 Å². The SMILES string of the molecule is CCCCC1NCN(CC(C)C2CC2)C1=O. The summed E-state index contributed by atoms with van der Waals surface area (Å²) in [5.74, 6) is 1.92. The summed E-state index contributed by atoms with van der Waals surface area (Å²) in [6.45, 7) is 6.18. The van der Waals surface area contributed by atoms with Crippen molar-refractivity contribution in [2.75, 3.05) is 13.2 Å². The minimum absolute atomic E-state index is 0.103. The summed E-state index contributed by atoms with van der Waals surface area (Å²) in [4.78, 5) is 14.1. The van der Waals surface area contributed by atoms with Crippen molar-refractivity contribution in [3.8, 4) is 0 Å². The summed E-state index contributed by atoms with van der Waals surface area (Å²) in [5, 5.41) is 3.33. The van der Waals surface area contributed by atoms with Gasteiger partial charge in [-0.1, -0.05) is 26.7 Å². The van der Waals surface area contributed by atoms with Crippen molar-refractivity contribution < 1.29 is 4.79 Å². The highest BCUT2D eigenvalue weighted by atomic mass is 16.2. The van der Waals surface area contributed by atoms with Crippen molar-refractivity contribution in [2.24, 2.45) is 11.8 Å². The van der Waals surface area contributed by atoms with Crippen molar-refractivity contribution in [1.82, 2.24) is 10.2 Å². The Bertz CT molecular complexity index is 250. The van der Waals surface area contributed by atoms with E-state index in [0.29, 0.717) is 11.8 Å². The molecule has 92 valence electrons. The van der Waals surface area contributed by atoms with Gasteiger partial charge in [0.2, 0.25) is 5.91 Å². The van der Waals surface area contributed by atoms with Crippen LogP contribution in [0.5, 0.6) is 0 Å². The number of carbonyl (C=O) groups excluding carboxylic acids is 1. The zero-order valence-corrected chi connectivity index (χ0v) is 10.5. The number of nitrogens with one attached hydrogen (secondary N) is 1. The number of hydrogen-bond donors (Lipinski definition) is 1. The molecule has 1 saturated heterocycles. The molecular formula is C13H24N2O. The lowest BCUT2D eigenvalue weighted by Crippen LogP contribution is -2.33. The summed E-state index contributed by atoms with van der Waals surface area (Å²) in [6.07, 6.45) is 6.06. The highest BCUT2D eigenvalue weighted by Crippen LogP contribution is 2.37. The zero-order chi connectivity index (χ0) is 11.5. The average Bonchev–Trinajstić information content (AvgIpc) is 3.06. The second-order valence-electron chi connectivity index (χ2n) is 5.43. The zero-order valence-electron chi connectivity index (χ0n) is 10.5. The van der Waals surface area contributed by atoms with Gasteiger partial charge in [-0.2, -0.15) is 0 Å². The Morgan fingerprint density at radius 3 is 2.88 bits per heavy atom. The fourth-order valence-corrected chi connectivity index (χ4v) is 2.56. The van der Waals surface area contributed by atoms with Crippen LogP contribution in [0.3, 0.4) is 0 Å². The first-order valence-electron chi connectivity index (χ1n) is 6.74. The molecule has 0 spiro atoms. The minimum atomic E-state index is 0.103. The highest BCUT2D eigenvalue weighted by Gasteiger charge is 2.34. The first kappa shape index (κ1) is 11.9. The molecular weight excluding hydrogens is 200 g/mol. The molecule has 3 nitrogen and oxygen atoms in total. The second-order valence-corrected chi connectivity index (χ2v) is 5.43. The average molecular weight is 224 g/mol. The van der Waals surface area contributed by atoms with Gasteiger partial charge in [0, 0.05) is 6.54 Å². The van der Waals surface area contributed by atoms with Crippen molar-refractivity contribution in [3.63, 3.8) is 0 Å². The van der Waals surface area contributed by atoms with Crippen LogP contribution in [0.2, 0.25) is 0 Å². The topological polar surface area (TPSA) is 32.3 Å². The molecule has 1 aliphatic carbocycles. The van der Waals surface area contributed by atoms with E-state index in [1.54, 1.807) is 0 Å². The molecule has 3 heteroatoms. The molecule has 0 radical (unpaired) electrons. The van der Waals surface area contributed by atoms with Crippen LogP contribution >= 0.6 is 0 Å². The normalized spacial score (nSPS) is 27.5. The second kappa shape index (κ2) is 5.17. The lowest BCUT2D eigenvalue weighted by atomic mass is 10.1. The van der Waals surface area contributed by atoms with Gasteiger partial charge in [0.25, 0.3) is 0 Å². The first-order valence-corrected chi connectivity index (χ1v) is 6.74. The fourth-order valence-electron chi connectivity index (χ4n) is 2.56. The summed E-state index contributed by atoms with van der Waals surface area (Å²) in [5.41, 5.74) is 0. The molecule has 2 aliphatic rings. The fraction of sp³-hybridized carbons (Fsp3) is 0.923. The van der Waals surface area contributed by atoms with E-state index >= 15 is 0 Å². The molecule has 1 aliphatic heterocycles. The van der Waals surface area contributed by atoms with E-state index in [4.69, 9.17) is 0 Å². The van der Waals surface area contributed by atoms with Gasteiger partial charge in [0.05, 0.1) is 12.7 Å². The number of amides is 1. The monoisotopic (exact) mass is 224 g/mol.